The first-order chi connectivity index (χ1) is 13.8. The molecule has 1 aromatic heterocycles. The zero-order valence-electron chi connectivity index (χ0n) is 16.6. The first-order valence-corrected chi connectivity index (χ1v) is 9.44. The van der Waals surface area contributed by atoms with Crippen LogP contribution in [0.25, 0.3) is 0 Å². The third-order valence-corrected chi connectivity index (χ3v) is 4.94. The number of methoxy groups -OCH3 is 1. The number of pyridine rings is 1. The van der Waals surface area contributed by atoms with Gasteiger partial charge in [-0.25, -0.2) is 4.98 Å². The van der Waals surface area contributed by atoms with Gasteiger partial charge in [-0.2, -0.15) is 0 Å². The van der Waals surface area contributed by atoms with Crippen molar-refractivity contribution in [3.8, 4) is 11.6 Å². The molecule has 0 radical (unpaired) electrons. The van der Waals surface area contributed by atoms with Gasteiger partial charge in [0.2, 0.25) is 12.2 Å². The minimum Gasteiger partial charge on any atom is -0.497 e. The Kier molecular flexibility index (Phi) is 6.71. The van der Waals surface area contributed by atoms with Gasteiger partial charge in [0.15, 0.2) is 0 Å². The molecule has 8 heteroatoms. The van der Waals surface area contributed by atoms with E-state index in [9.17, 15) is 20.4 Å². The number of benzene rings is 1. The van der Waals surface area contributed by atoms with E-state index in [0.717, 1.165) is 16.9 Å². The van der Waals surface area contributed by atoms with Gasteiger partial charge in [0.25, 0.3) is 0 Å². The summed E-state index contributed by atoms with van der Waals surface area (Å²) in [7, 11) is 1.60. The van der Waals surface area contributed by atoms with Crippen LogP contribution in [0.2, 0.25) is 0 Å². The molecule has 0 saturated carbocycles. The van der Waals surface area contributed by atoms with Crippen LogP contribution < -0.4 is 9.47 Å². The first kappa shape index (κ1) is 21.5. The maximum absolute atomic E-state index is 10.3. The molecule has 1 aliphatic heterocycles. The van der Waals surface area contributed by atoms with Gasteiger partial charge in [-0.05, 0) is 37.6 Å². The molecule has 2 heterocycles. The van der Waals surface area contributed by atoms with Crippen LogP contribution in [-0.4, -0.2) is 69.3 Å². The molecule has 1 fully saturated rings. The number of rotatable bonds is 6. The fraction of sp³-hybridized carbons (Fsp3) is 0.476. The monoisotopic (exact) mass is 405 g/mol. The lowest BCUT2D eigenvalue weighted by atomic mass is 9.96. The molecule has 1 aromatic carbocycles. The Morgan fingerprint density at radius 3 is 2.34 bits per heavy atom. The topological polar surface area (TPSA) is 122 Å². The van der Waals surface area contributed by atoms with Crippen molar-refractivity contribution in [1.82, 2.24) is 4.98 Å². The van der Waals surface area contributed by atoms with Gasteiger partial charge in [-0.15, -0.1) is 0 Å². The summed E-state index contributed by atoms with van der Waals surface area (Å²) in [5.41, 5.74) is 2.46. The van der Waals surface area contributed by atoms with Gasteiger partial charge in [0.05, 0.1) is 13.2 Å². The summed E-state index contributed by atoms with van der Waals surface area (Å²) < 4.78 is 16.5. The average molecular weight is 405 g/mol. The smallest absolute Gasteiger partial charge is 0.231 e. The van der Waals surface area contributed by atoms with Gasteiger partial charge in [-0.3, -0.25) is 0 Å². The number of aryl methyl sites for hydroxylation is 1. The van der Waals surface area contributed by atoms with E-state index < -0.39 is 36.8 Å². The summed E-state index contributed by atoms with van der Waals surface area (Å²) in [6.07, 6.45) is -7.42. The van der Waals surface area contributed by atoms with Crippen LogP contribution in [0.1, 0.15) is 23.7 Å². The van der Waals surface area contributed by atoms with E-state index in [4.69, 9.17) is 14.2 Å². The molecule has 1 saturated heterocycles. The molecule has 29 heavy (non-hydrogen) atoms. The third-order valence-electron chi connectivity index (χ3n) is 4.94. The fourth-order valence-electron chi connectivity index (χ4n) is 3.24. The normalized spacial score (nSPS) is 28.0. The Bertz CT molecular complexity index is 811. The van der Waals surface area contributed by atoms with Gasteiger partial charge in [0, 0.05) is 17.7 Å². The molecule has 6 atom stereocenters. The van der Waals surface area contributed by atoms with E-state index in [0.29, 0.717) is 12.1 Å². The lowest BCUT2D eigenvalue weighted by Gasteiger charge is -2.41. The SMILES string of the molecule is COc1ccc(Cc2ccc(C)nc2O[C@@H]2O[C@H]([C@@H](C)O)[C@@H](O)[C@H](O)[C@H]2O)cc1. The number of aliphatic hydroxyl groups excluding tert-OH is 4. The highest BCUT2D eigenvalue weighted by atomic mass is 16.7. The molecule has 3 rings (SSSR count). The second-order valence-electron chi connectivity index (χ2n) is 7.24. The Hall–Kier alpha value is -2.23. The number of hydrogen-bond donors (Lipinski definition) is 4. The van der Waals surface area contributed by atoms with Crippen molar-refractivity contribution < 1.29 is 34.6 Å². The number of ether oxygens (including phenoxy) is 3. The zero-order valence-corrected chi connectivity index (χ0v) is 16.6. The fourth-order valence-corrected chi connectivity index (χ4v) is 3.24. The summed E-state index contributed by atoms with van der Waals surface area (Å²) in [4.78, 5) is 4.40. The van der Waals surface area contributed by atoms with Crippen molar-refractivity contribution in [2.24, 2.45) is 0 Å². The van der Waals surface area contributed by atoms with E-state index in [2.05, 4.69) is 4.98 Å². The average Bonchev–Trinajstić information content (AvgIpc) is 2.70. The van der Waals surface area contributed by atoms with Crippen LogP contribution in [0.4, 0.5) is 0 Å². The minimum atomic E-state index is -1.52. The lowest BCUT2D eigenvalue weighted by Crippen LogP contribution is -2.61. The minimum absolute atomic E-state index is 0.248. The van der Waals surface area contributed by atoms with Crippen LogP contribution in [0.5, 0.6) is 11.6 Å². The molecule has 158 valence electrons. The van der Waals surface area contributed by atoms with E-state index in [-0.39, 0.29) is 5.88 Å². The van der Waals surface area contributed by atoms with Crippen LogP contribution in [0.15, 0.2) is 36.4 Å². The van der Waals surface area contributed by atoms with E-state index in [1.807, 2.05) is 36.4 Å². The van der Waals surface area contributed by atoms with Gasteiger partial charge >= 0.3 is 0 Å². The second kappa shape index (κ2) is 9.06. The molecule has 1 aliphatic rings. The van der Waals surface area contributed by atoms with Crippen LogP contribution in [0, 0.1) is 6.92 Å². The number of hydrogen-bond acceptors (Lipinski definition) is 8. The van der Waals surface area contributed by atoms with Crippen molar-refractivity contribution in [3.63, 3.8) is 0 Å². The van der Waals surface area contributed by atoms with Crippen molar-refractivity contribution in [3.05, 3.63) is 53.2 Å². The van der Waals surface area contributed by atoms with E-state index in [1.165, 1.54) is 6.92 Å². The van der Waals surface area contributed by atoms with E-state index >= 15 is 0 Å². The second-order valence-corrected chi connectivity index (χ2v) is 7.24. The molecular weight excluding hydrogens is 378 g/mol. The molecule has 8 nitrogen and oxygen atoms in total. The quantitative estimate of drug-likeness (QED) is 0.550. The van der Waals surface area contributed by atoms with E-state index in [1.54, 1.807) is 14.0 Å². The predicted molar refractivity (Wildman–Crippen MR) is 104 cm³/mol. The highest BCUT2D eigenvalue weighted by Gasteiger charge is 2.46. The van der Waals surface area contributed by atoms with Crippen molar-refractivity contribution in [2.45, 2.75) is 57.1 Å². The molecule has 2 aromatic rings. The summed E-state index contributed by atoms with van der Waals surface area (Å²) in [5, 5.41) is 40.2. The molecule has 0 bridgehead atoms. The highest BCUT2D eigenvalue weighted by Crippen LogP contribution is 2.28. The largest absolute Gasteiger partial charge is 0.497 e. The lowest BCUT2D eigenvalue weighted by molar-refractivity contribution is -0.287. The van der Waals surface area contributed by atoms with Crippen molar-refractivity contribution in [1.29, 1.82) is 0 Å². The Labute approximate surface area is 169 Å². The Morgan fingerprint density at radius 1 is 1.03 bits per heavy atom. The number of aromatic nitrogens is 1. The first-order valence-electron chi connectivity index (χ1n) is 9.44. The predicted octanol–water partition coefficient (Wildman–Crippen LogP) is 0.557. The summed E-state index contributed by atoms with van der Waals surface area (Å²) in [6.45, 7) is 3.23. The highest BCUT2D eigenvalue weighted by molar-refractivity contribution is 5.36. The van der Waals surface area contributed by atoms with Crippen LogP contribution in [0.3, 0.4) is 0 Å². The Morgan fingerprint density at radius 2 is 1.72 bits per heavy atom. The molecular formula is C21H27NO7. The number of nitrogens with zero attached hydrogens (tertiary/aromatic N) is 1. The maximum atomic E-state index is 10.3. The Balaban J connectivity index is 1.83. The summed E-state index contributed by atoms with van der Waals surface area (Å²) in [6, 6.07) is 11.3. The van der Waals surface area contributed by atoms with Gasteiger partial charge in [0.1, 0.15) is 30.2 Å². The molecule has 0 amide bonds. The van der Waals surface area contributed by atoms with Gasteiger partial charge < -0.3 is 34.6 Å². The van der Waals surface area contributed by atoms with Gasteiger partial charge in [-0.1, -0.05) is 18.2 Å². The standard InChI is InChI=1S/C21H27NO7/c1-11-4-7-14(10-13-5-8-15(27-3)9-6-13)20(22-11)29-21-18(26)16(24)17(25)19(28-21)12(2)23/h4-9,12,16-19,21,23-26H,10H2,1-3H3/t12-,16+,17+,18-,19-,21+/m1/s1. The molecule has 4 N–H and O–H groups in total. The molecule has 0 aliphatic carbocycles. The van der Waals surface area contributed by atoms with Crippen molar-refractivity contribution >= 4 is 0 Å². The summed E-state index contributed by atoms with van der Waals surface area (Å²) >= 11 is 0. The van der Waals surface area contributed by atoms with Crippen LogP contribution >= 0.6 is 0 Å². The van der Waals surface area contributed by atoms with Crippen LogP contribution in [-0.2, 0) is 11.2 Å². The summed E-state index contributed by atoms with van der Waals surface area (Å²) in [5.74, 6) is 1.00. The van der Waals surface area contributed by atoms with Crippen molar-refractivity contribution in [2.75, 3.05) is 7.11 Å². The molecule has 0 unspecified atom stereocenters. The number of aliphatic hydroxyl groups is 4. The third kappa shape index (κ3) is 4.85. The zero-order chi connectivity index (χ0) is 21.1. The maximum Gasteiger partial charge on any atom is 0.231 e. The molecule has 0 spiro atoms.